The summed E-state index contributed by atoms with van der Waals surface area (Å²) in [5.74, 6) is -0.788. The highest BCUT2D eigenvalue weighted by Crippen LogP contribution is 2.45. The third-order valence-corrected chi connectivity index (χ3v) is 6.04. The number of aliphatic carboxylic acids is 1. The van der Waals surface area contributed by atoms with Crippen molar-refractivity contribution in [1.29, 1.82) is 0 Å². The predicted molar refractivity (Wildman–Crippen MR) is 108 cm³/mol. The lowest BCUT2D eigenvalue weighted by Crippen LogP contribution is -2.33. The van der Waals surface area contributed by atoms with Gasteiger partial charge in [0.25, 0.3) is 0 Å². The molecule has 0 aliphatic carbocycles. The van der Waals surface area contributed by atoms with Crippen LogP contribution in [0.2, 0.25) is 0 Å². The normalized spacial score (nSPS) is 19.5. The Bertz CT molecular complexity index is 1060. The van der Waals surface area contributed by atoms with Gasteiger partial charge in [-0.25, -0.2) is 0 Å². The maximum Gasteiger partial charge on any atom is 0.304 e. The summed E-state index contributed by atoms with van der Waals surface area (Å²) in [5.41, 5.74) is 2.62. The van der Waals surface area contributed by atoms with Crippen molar-refractivity contribution in [3.05, 3.63) is 70.4 Å². The number of carboxylic acids is 1. The number of thiophene rings is 1. The average Bonchev–Trinajstić information content (AvgIpc) is 3.19. The monoisotopic (exact) mass is 362 g/mol. The highest BCUT2D eigenvalue weighted by molar-refractivity contribution is 7.10. The Hall–Kier alpha value is -2.72. The van der Waals surface area contributed by atoms with Crippen molar-refractivity contribution >= 4 is 45.6 Å². The number of nitrogens with zero attached hydrogens (tertiary/aromatic N) is 1. The van der Waals surface area contributed by atoms with Crippen LogP contribution in [0.1, 0.15) is 23.8 Å². The molecule has 3 nitrogen and oxygen atoms in total. The lowest BCUT2D eigenvalue weighted by molar-refractivity contribution is -0.401. The topological polar surface area (TPSA) is 40.3 Å². The third kappa shape index (κ3) is 2.58. The summed E-state index contributed by atoms with van der Waals surface area (Å²) in [5, 5.41) is 13.9. The van der Waals surface area contributed by atoms with Gasteiger partial charge in [-0.3, -0.25) is 4.79 Å². The molecule has 4 heteroatoms. The summed E-state index contributed by atoms with van der Waals surface area (Å²) < 4.78 is 2.13. The predicted octanol–water partition coefficient (Wildman–Crippen LogP) is 5.08. The van der Waals surface area contributed by atoms with E-state index >= 15 is 0 Å². The number of benzene rings is 2. The Balaban J connectivity index is 1.94. The molecule has 0 spiro atoms. The zero-order chi connectivity index (χ0) is 18.3. The van der Waals surface area contributed by atoms with Crippen molar-refractivity contribution in [3.63, 3.8) is 0 Å². The van der Waals surface area contributed by atoms with E-state index in [4.69, 9.17) is 0 Å². The van der Waals surface area contributed by atoms with Gasteiger partial charge in [-0.15, -0.1) is 11.3 Å². The molecule has 3 aromatic rings. The molecule has 4 rings (SSSR count). The molecule has 1 aliphatic heterocycles. The molecular formula is C22H20NO2S+. The molecule has 0 fully saturated rings. The summed E-state index contributed by atoms with van der Waals surface area (Å²) in [6.45, 7) is 2.05. The number of fused-ring (bicyclic) bond motifs is 3. The highest BCUT2D eigenvalue weighted by Gasteiger charge is 2.49. The quantitative estimate of drug-likeness (QED) is 0.658. The van der Waals surface area contributed by atoms with Crippen molar-refractivity contribution in [2.45, 2.75) is 18.8 Å². The molecule has 1 aliphatic rings. The number of carbonyl (C=O) groups is 1. The van der Waals surface area contributed by atoms with Crippen molar-refractivity contribution < 1.29 is 14.5 Å². The number of rotatable bonds is 4. The zero-order valence-corrected chi connectivity index (χ0v) is 15.6. The average molecular weight is 362 g/mol. The first-order valence-electron chi connectivity index (χ1n) is 8.57. The summed E-state index contributed by atoms with van der Waals surface area (Å²) >= 11 is 1.67. The molecule has 2 aromatic carbocycles. The maximum atomic E-state index is 11.7. The Labute approximate surface area is 156 Å². The molecule has 1 atom stereocenters. The number of carboxylic acid groups (broad SMARTS) is 1. The lowest BCUT2D eigenvalue weighted by Gasteiger charge is -2.21. The first kappa shape index (κ1) is 16.7. The van der Waals surface area contributed by atoms with E-state index in [-0.39, 0.29) is 6.42 Å². The van der Waals surface area contributed by atoms with Gasteiger partial charge < -0.3 is 5.11 Å². The first-order chi connectivity index (χ1) is 12.5. The highest BCUT2D eigenvalue weighted by atomic mass is 32.1. The van der Waals surface area contributed by atoms with E-state index in [9.17, 15) is 9.90 Å². The third-order valence-electron chi connectivity index (χ3n) is 5.20. The fourth-order valence-corrected chi connectivity index (χ4v) is 4.69. The Morgan fingerprint density at radius 3 is 2.69 bits per heavy atom. The second-order valence-electron chi connectivity index (χ2n) is 6.88. The van der Waals surface area contributed by atoms with Crippen LogP contribution in [0, 0.1) is 0 Å². The molecule has 1 aromatic heterocycles. The molecule has 0 radical (unpaired) electrons. The van der Waals surface area contributed by atoms with Gasteiger partial charge in [-0.1, -0.05) is 30.3 Å². The molecule has 1 N–H and O–H groups in total. The van der Waals surface area contributed by atoms with E-state index in [2.05, 4.69) is 47.1 Å². The van der Waals surface area contributed by atoms with E-state index in [1.54, 1.807) is 11.3 Å². The Kier molecular flexibility index (Phi) is 4.00. The molecule has 2 heterocycles. The van der Waals surface area contributed by atoms with E-state index in [0.29, 0.717) is 0 Å². The molecule has 130 valence electrons. The van der Waals surface area contributed by atoms with Crippen molar-refractivity contribution in [2.75, 3.05) is 7.05 Å². The minimum Gasteiger partial charge on any atom is -0.481 e. The fourth-order valence-electron chi connectivity index (χ4n) is 4.07. The van der Waals surface area contributed by atoms with Crippen LogP contribution in [0.25, 0.3) is 16.8 Å². The summed E-state index contributed by atoms with van der Waals surface area (Å²) in [6.07, 6.45) is 4.21. The van der Waals surface area contributed by atoms with Crippen LogP contribution < -0.4 is 0 Å². The first-order valence-corrected chi connectivity index (χ1v) is 9.45. The fraction of sp³-hybridized carbons (Fsp3) is 0.182. The van der Waals surface area contributed by atoms with Crippen molar-refractivity contribution in [3.8, 4) is 0 Å². The van der Waals surface area contributed by atoms with Crippen molar-refractivity contribution in [2.24, 2.45) is 0 Å². The maximum absolute atomic E-state index is 11.7. The lowest BCUT2D eigenvalue weighted by atomic mass is 9.74. The van der Waals surface area contributed by atoms with Crippen LogP contribution in [0.15, 0.2) is 60.0 Å². The van der Waals surface area contributed by atoms with Gasteiger partial charge in [0, 0.05) is 22.6 Å². The largest absolute Gasteiger partial charge is 0.481 e. The van der Waals surface area contributed by atoms with Gasteiger partial charge in [0.05, 0.1) is 11.8 Å². The van der Waals surface area contributed by atoms with Gasteiger partial charge in [-0.05, 0) is 41.3 Å². The zero-order valence-electron chi connectivity index (χ0n) is 14.8. The second kappa shape index (κ2) is 6.22. The van der Waals surface area contributed by atoms with Gasteiger partial charge in [0.2, 0.25) is 5.69 Å². The van der Waals surface area contributed by atoms with E-state index in [1.807, 2.05) is 37.6 Å². The summed E-state index contributed by atoms with van der Waals surface area (Å²) in [7, 11) is 2.02. The Morgan fingerprint density at radius 1 is 1.15 bits per heavy atom. The van der Waals surface area contributed by atoms with Crippen LogP contribution in [-0.2, 0) is 10.2 Å². The molecule has 0 saturated carbocycles. The van der Waals surface area contributed by atoms with E-state index in [1.165, 1.54) is 0 Å². The molecule has 0 saturated heterocycles. The molecule has 26 heavy (non-hydrogen) atoms. The number of hydrogen-bond donors (Lipinski definition) is 1. The minimum atomic E-state index is -0.788. The number of allylic oxidation sites excluding steroid dienone is 1. The number of hydrogen-bond acceptors (Lipinski definition) is 2. The van der Waals surface area contributed by atoms with Gasteiger partial charge in [-0.2, -0.15) is 4.58 Å². The molecular weight excluding hydrogens is 342 g/mol. The molecule has 0 amide bonds. The van der Waals surface area contributed by atoms with Crippen LogP contribution in [-0.4, -0.2) is 28.4 Å². The Morgan fingerprint density at radius 2 is 1.96 bits per heavy atom. The van der Waals surface area contributed by atoms with Gasteiger partial charge >= 0.3 is 5.97 Å². The van der Waals surface area contributed by atoms with Gasteiger partial charge in [0.15, 0.2) is 5.71 Å². The minimum absolute atomic E-state index is 0.0580. The van der Waals surface area contributed by atoms with Crippen LogP contribution in [0.3, 0.4) is 0 Å². The smallest absolute Gasteiger partial charge is 0.304 e. The van der Waals surface area contributed by atoms with E-state index in [0.717, 1.165) is 32.6 Å². The summed E-state index contributed by atoms with van der Waals surface area (Å²) in [6, 6.07) is 16.5. The van der Waals surface area contributed by atoms with Crippen LogP contribution >= 0.6 is 11.3 Å². The van der Waals surface area contributed by atoms with Crippen molar-refractivity contribution in [1.82, 2.24) is 0 Å². The van der Waals surface area contributed by atoms with Crippen LogP contribution in [0.4, 0.5) is 5.69 Å². The molecule has 1 unspecified atom stereocenters. The van der Waals surface area contributed by atoms with E-state index < -0.39 is 11.4 Å². The second-order valence-corrected chi connectivity index (χ2v) is 7.86. The van der Waals surface area contributed by atoms with Gasteiger partial charge in [0.1, 0.15) is 7.05 Å². The summed E-state index contributed by atoms with van der Waals surface area (Å²) in [4.78, 5) is 12.9. The SMILES string of the molecule is C[N+]1=C(/C=C/c2cccs2)C(C)(CC(=O)O)c2c1ccc1ccccc21. The van der Waals surface area contributed by atoms with Crippen LogP contribution in [0.5, 0.6) is 0 Å². The standard InChI is InChI=1S/C22H19NO2S/c1-22(14-20(24)25)19(12-10-16-7-5-13-26-16)23(2)18-11-9-15-6-3-4-8-17(15)21(18)22/h3-13H,14H2,1-2H3/p+1/b12-10+. The molecule has 0 bridgehead atoms.